The van der Waals surface area contributed by atoms with Crippen molar-refractivity contribution in [2.24, 2.45) is 17.3 Å². The summed E-state index contributed by atoms with van der Waals surface area (Å²) < 4.78 is 10.6. The van der Waals surface area contributed by atoms with Gasteiger partial charge >= 0.3 is 5.97 Å². The summed E-state index contributed by atoms with van der Waals surface area (Å²) in [5.41, 5.74) is -0.994. The average Bonchev–Trinajstić information content (AvgIpc) is 2.34. The maximum absolute atomic E-state index is 12.3. The number of ketones is 1. The van der Waals surface area contributed by atoms with Crippen LogP contribution in [0.2, 0.25) is 0 Å². The van der Waals surface area contributed by atoms with Gasteiger partial charge in [0.2, 0.25) is 0 Å². The number of rotatable bonds is 10. The van der Waals surface area contributed by atoms with Crippen LogP contribution in [0.4, 0.5) is 0 Å². The number of esters is 1. The SMILES string of the molecule is CCC(CC(C)C)(C(C)=O)C(=O)OCCOCC(C)C. The lowest BCUT2D eigenvalue weighted by molar-refractivity contribution is -0.163. The normalized spacial score (nSPS) is 14.4. The van der Waals surface area contributed by atoms with E-state index < -0.39 is 11.4 Å². The molecule has 0 heterocycles. The first-order valence-electron chi connectivity index (χ1n) is 7.52. The van der Waals surface area contributed by atoms with Crippen LogP contribution in [0, 0.1) is 17.3 Å². The molecule has 20 heavy (non-hydrogen) atoms. The summed E-state index contributed by atoms with van der Waals surface area (Å²) in [6, 6.07) is 0. The predicted molar refractivity (Wildman–Crippen MR) is 79.5 cm³/mol. The maximum Gasteiger partial charge on any atom is 0.319 e. The highest BCUT2D eigenvalue weighted by Gasteiger charge is 2.43. The molecule has 4 heteroatoms. The van der Waals surface area contributed by atoms with Crippen LogP contribution in [0.5, 0.6) is 0 Å². The molecule has 0 saturated carbocycles. The van der Waals surface area contributed by atoms with Gasteiger partial charge < -0.3 is 9.47 Å². The van der Waals surface area contributed by atoms with Crippen molar-refractivity contribution in [2.75, 3.05) is 19.8 Å². The van der Waals surface area contributed by atoms with Crippen LogP contribution in [0.25, 0.3) is 0 Å². The van der Waals surface area contributed by atoms with Gasteiger partial charge in [-0.05, 0) is 31.6 Å². The highest BCUT2D eigenvalue weighted by Crippen LogP contribution is 2.33. The van der Waals surface area contributed by atoms with E-state index in [2.05, 4.69) is 13.8 Å². The molecule has 0 saturated heterocycles. The lowest BCUT2D eigenvalue weighted by atomic mass is 9.75. The number of carbonyl (C=O) groups excluding carboxylic acids is 2. The van der Waals surface area contributed by atoms with Crippen LogP contribution in [-0.2, 0) is 19.1 Å². The summed E-state index contributed by atoms with van der Waals surface area (Å²) in [5.74, 6) is 0.207. The molecule has 1 unspecified atom stereocenters. The molecule has 0 fully saturated rings. The minimum atomic E-state index is -0.994. The van der Waals surface area contributed by atoms with Gasteiger partial charge in [0.25, 0.3) is 0 Å². The Morgan fingerprint density at radius 3 is 2.05 bits per heavy atom. The first kappa shape index (κ1) is 19.1. The van der Waals surface area contributed by atoms with Crippen molar-refractivity contribution in [2.45, 2.75) is 54.4 Å². The fourth-order valence-electron chi connectivity index (χ4n) is 2.26. The Bertz CT molecular complexity index is 310. The summed E-state index contributed by atoms with van der Waals surface area (Å²) in [4.78, 5) is 24.2. The van der Waals surface area contributed by atoms with Crippen molar-refractivity contribution in [3.8, 4) is 0 Å². The van der Waals surface area contributed by atoms with Crippen molar-refractivity contribution in [3.05, 3.63) is 0 Å². The molecule has 0 N–H and O–H groups in total. The second-order valence-corrected chi connectivity index (χ2v) is 6.19. The standard InChI is InChI=1S/C16H30O4/c1-7-16(14(6)17,10-12(2)3)15(18)20-9-8-19-11-13(4)5/h12-13H,7-11H2,1-6H3. The van der Waals surface area contributed by atoms with E-state index in [1.807, 2.05) is 20.8 Å². The lowest BCUT2D eigenvalue weighted by Gasteiger charge is -2.29. The molecule has 0 amide bonds. The van der Waals surface area contributed by atoms with Gasteiger partial charge in [-0.25, -0.2) is 0 Å². The van der Waals surface area contributed by atoms with E-state index in [1.165, 1.54) is 6.92 Å². The summed E-state index contributed by atoms with van der Waals surface area (Å²) in [6.45, 7) is 12.7. The zero-order valence-corrected chi connectivity index (χ0v) is 13.8. The van der Waals surface area contributed by atoms with Crippen LogP contribution in [0.15, 0.2) is 0 Å². The first-order chi connectivity index (χ1) is 9.26. The molecule has 0 rings (SSSR count). The van der Waals surface area contributed by atoms with Crippen molar-refractivity contribution in [1.82, 2.24) is 0 Å². The minimum Gasteiger partial charge on any atom is -0.462 e. The van der Waals surface area contributed by atoms with Crippen molar-refractivity contribution in [3.63, 3.8) is 0 Å². The third-order valence-electron chi connectivity index (χ3n) is 3.34. The topological polar surface area (TPSA) is 52.6 Å². The van der Waals surface area contributed by atoms with Crippen LogP contribution < -0.4 is 0 Å². The summed E-state index contributed by atoms with van der Waals surface area (Å²) >= 11 is 0. The maximum atomic E-state index is 12.3. The molecule has 0 aliphatic carbocycles. The van der Waals surface area contributed by atoms with Gasteiger partial charge in [0.1, 0.15) is 17.8 Å². The quantitative estimate of drug-likeness (QED) is 0.351. The molecule has 0 aliphatic heterocycles. The molecular weight excluding hydrogens is 256 g/mol. The highest BCUT2D eigenvalue weighted by atomic mass is 16.6. The van der Waals surface area contributed by atoms with E-state index in [0.29, 0.717) is 32.0 Å². The Labute approximate surface area is 123 Å². The van der Waals surface area contributed by atoms with Crippen LogP contribution >= 0.6 is 0 Å². The van der Waals surface area contributed by atoms with Crippen molar-refractivity contribution < 1.29 is 19.1 Å². The monoisotopic (exact) mass is 286 g/mol. The smallest absolute Gasteiger partial charge is 0.319 e. The van der Waals surface area contributed by atoms with E-state index in [4.69, 9.17) is 9.47 Å². The molecule has 4 nitrogen and oxygen atoms in total. The van der Waals surface area contributed by atoms with E-state index in [1.54, 1.807) is 0 Å². The molecule has 0 aromatic heterocycles. The fourth-order valence-corrected chi connectivity index (χ4v) is 2.26. The molecular formula is C16H30O4. The Morgan fingerprint density at radius 2 is 1.65 bits per heavy atom. The third-order valence-corrected chi connectivity index (χ3v) is 3.34. The Morgan fingerprint density at radius 1 is 1.05 bits per heavy atom. The molecule has 118 valence electrons. The van der Waals surface area contributed by atoms with Crippen LogP contribution in [0.1, 0.15) is 54.4 Å². The second-order valence-electron chi connectivity index (χ2n) is 6.19. The van der Waals surface area contributed by atoms with Crippen LogP contribution in [0.3, 0.4) is 0 Å². The highest BCUT2D eigenvalue weighted by molar-refractivity contribution is 6.02. The van der Waals surface area contributed by atoms with Gasteiger partial charge in [0, 0.05) is 6.61 Å². The minimum absolute atomic E-state index is 0.109. The van der Waals surface area contributed by atoms with Crippen molar-refractivity contribution >= 4 is 11.8 Å². The van der Waals surface area contributed by atoms with Crippen LogP contribution in [-0.4, -0.2) is 31.6 Å². The largest absolute Gasteiger partial charge is 0.462 e. The van der Waals surface area contributed by atoms with Gasteiger partial charge in [-0.3, -0.25) is 9.59 Å². The molecule has 1 atom stereocenters. The zero-order chi connectivity index (χ0) is 15.8. The van der Waals surface area contributed by atoms with Gasteiger partial charge in [-0.2, -0.15) is 0 Å². The number of hydrogen-bond donors (Lipinski definition) is 0. The van der Waals surface area contributed by atoms with E-state index in [-0.39, 0.29) is 18.3 Å². The van der Waals surface area contributed by atoms with E-state index in [9.17, 15) is 9.59 Å². The molecule has 0 aromatic rings. The Balaban J connectivity index is 4.46. The number of hydrogen-bond acceptors (Lipinski definition) is 4. The first-order valence-corrected chi connectivity index (χ1v) is 7.52. The number of Topliss-reactive ketones (excluding diaryl/α,β-unsaturated/α-hetero) is 1. The average molecular weight is 286 g/mol. The van der Waals surface area contributed by atoms with Gasteiger partial charge in [0.05, 0.1) is 6.61 Å². The molecule has 0 spiro atoms. The second kappa shape index (κ2) is 9.11. The van der Waals surface area contributed by atoms with Gasteiger partial charge in [0.15, 0.2) is 0 Å². The third kappa shape index (κ3) is 6.04. The molecule has 0 aromatic carbocycles. The number of ether oxygens (including phenoxy) is 2. The lowest BCUT2D eigenvalue weighted by Crippen LogP contribution is -2.40. The van der Waals surface area contributed by atoms with Gasteiger partial charge in [-0.1, -0.05) is 34.6 Å². The summed E-state index contributed by atoms with van der Waals surface area (Å²) in [6.07, 6.45) is 1.01. The Hall–Kier alpha value is -0.900. The summed E-state index contributed by atoms with van der Waals surface area (Å²) in [5, 5.41) is 0. The van der Waals surface area contributed by atoms with Crippen molar-refractivity contribution in [1.29, 1.82) is 0 Å². The molecule has 0 radical (unpaired) electrons. The van der Waals surface area contributed by atoms with Gasteiger partial charge in [-0.15, -0.1) is 0 Å². The number of carbonyl (C=O) groups is 2. The fraction of sp³-hybridized carbons (Fsp3) is 0.875. The molecule has 0 aliphatic rings. The summed E-state index contributed by atoms with van der Waals surface area (Å²) in [7, 11) is 0. The zero-order valence-electron chi connectivity index (χ0n) is 13.8. The van der Waals surface area contributed by atoms with E-state index in [0.717, 1.165) is 0 Å². The molecule has 0 bridgehead atoms. The predicted octanol–water partition coefficient (Wildman–Crippen LogP) is 3.23. The Kier molecular flexibility index (Phi) is 8.70. The van der Waals surface area contributed by atoms with E-state index >= 15 is 0 Å².